The Morgan fingerprint density at radius 1 is 0.966 bits per heavy atom. The number of ether oxygens (including phenoxy) is 1. The molecule has 0 bridgehead atoms. The Balaban J connectivity index is 2.17. The molecule has 0 heterocycles. The van der Waals surface area contributed by atoms with Crippen LogP contribution in [0, 0.1) is 19.7 Å². The van der Waals surface area contributed by atoms with Gasteiger partial charge >= 0.3 is 0 Å². The fraction of sp³-hybridized carbons (Fsp3) is 0.217. The van der Waals surface area contributed by atoms with Crippen molar-refractivity contribution in [3.63, 3.8) is 0 Å². The highest BCUT2D eigenvalue weighted by Crippen LogP contribution is 2.35. The molecule has 0 amide bonds. The van der Waals surface area contributed by atoms with E-state index in [9.17, 15) is 12.8 Å². The van der Waals surface area contributed by atoms with Crippen LogP contribution >= 0.6 is 0 Å². The third-order valence-corrected chi connectivity index (χ3v) is 6.83. The molecule has 4 nitrogen and oxygen atoms in total. The van der Waals surface area contributed by atoms with Crippen LogP contribution < -0.4 is 9.04 Å². The first kappa shape index (κ1) is 20.9. The molecule has 0 aromatic heterocycles. The van der Waals surface area contributed by atoms with Gasteiger partial charge in [0.15, 0.2) is 0 Å². The second-order valence-electron chi connectivity index (χ2n) is 7.00. The fourth-order valence-corrected chi connectivity index (χ4v) is 4.79. The van der Waals surface area contributed by atoms with E-state index in [1.54, 1.807) is 75.6 Å². The first-order valence-corrected chi connectivity index (χ1v) is 10.7. The summed E-state index contributed by atoms with van der Waals surface area (Å²) in [6.45, 7) is 5.31. The van der Waals surface area contributed by atoms with E-state index in [-0.39, 0.29) is 10.6 Å². The van der Waals surface area contributed by atoms with E-state index in [0.29, 0.717) is 11.3 Å². The van der Waals surface area contributed by atoms with E-state index in [2.05, 4.69) is 0 Å². The van der Waals surface area contributed by atoms with Crippen LogP contribution in [0.15, 0.2) is 71.6 Å². The summed E-state index contributed by atoms with van der Waals surface area (Å²) in [7, 11) is -2.39. The van der Waals surface area contributed by atoms with Crippen LogP contribution in [0.25, 0.3) is 0 Å². The quantitative estimate of drug-likeness (QED) is 0.543. The Labute approximate surface area is 171 Å². The number of aryl methyl sites for hydroxylation is 2. The van der Waals surface area contributed by atoms with Gasteiger partial charge in [0.2, 0.25) is 0 Å². The molecule has 0 saturated carbocycles. The second-order valence-corrected chi connectivity index (χ2v) is 8.81. The van der Waals surface area contributed by atoms with Gasteiger partial charge < -0.3 is 4.74 Å². The van der Waals surface area contributed by atoms with Gasteiger partial charge in [-0.05, 0) is 68.3 Å². The van der Waals surface area contributed by atoms with E-state index in [1.165, 1.54) is 10.4 Å². The molecule has 3 aromatic rings. The van der Waals surface area contributed by atoms with Gasteiger partial charge in [0.25, 0.3) is 10.0 Å². The number of sulfonamides is 1. The lowest BCUT2D eigenvalue weighted by atomic mass is 10.1. The first-order valence-electron chi connectivity index (χ1n) is 9.25. The topological polar surface area (TPSA) is 46.6 Å². The summed E-state index contributed by atoms with van der Waals surface area (Å²) in [6.07, 6.45) is 0. The molecule has 29 heavy (non-hydrogen) atoms. The van der Waals surface area contributed by atoms with Crippen molar-refractivity contribution in [2.45, 2.75) is 31.7 Å². The SMILES string of the molecule is COc1cccc([C@@H](C)N(c2ccc(C)c(F)c2)S(=O)(=O)c2ccc(C)cc2)c1. The monoisotopic (exact) mass is 413 g/mol. The highest BCUT2D eigenvalue weighted by Gasteiger charge is 2.31. The molecule has 0 aliphatic carbocycles. The lowest BCUT2D eigenvalue weighted by molar-refractivity contribution is 0.414. The number of methoxy groups -OCH3 is 1. The molecule has 0 N–H and O–H groups in total. The number of anilines is 1. The molecule has 0 aliphatic rings. The minimum Gasteiger partial charge on any atom is -0.497 e. The highest BCUT2D eigenvalue weighted by molar-refractivity contribution is 7.92. The molecular formula is C23H24FNO3S. The summed E-state index contributed by atoms with van der Waals surface area (Å²) in [5.41, 5.74) is 2.42. The van der Waals surface area contributed by atoms with E-state index in [4.69, 9.17) is 4.74 Å². The summed E-state index contributed by atoms with van der Waals surface area (Å²) in [5, 5.41) is 0. The normalized spacial score (nSPS) is 12.4. The zero-order valence-corrected chi connectivity index (χ0v) is 17.7. The third kappa shape index (κ3) is 4.27. The van der Waals surface area contributed by atoms with Gasteiger partial charge in [0.1, 0.15) is 11.6 Å². The van der Waals surface area contributed by atoms with Gasteiger partial charge in [-0.15, -0.1) is 0 Å². The van der Waals surface area contributed by atoms with Crippen molar-refractivity contribution in [3.05, 3.63) is 89.2 Å². The van der Waals surface area contributed by atoms with Crippen LogP contribution in [-0.2, 0) is 10.0 Å². The third-order valence-electron chi connectivity index (χ3n) is 4.92. The number of hydrogen-bond donors (Lipinski definition) is 0. The van der Waals surface area contributed by atoms with Crippen molar-refractivity contribution >= 4 is 15.7 Å². The minimum absolute atomic E-state index is 0.152. The molecule has 0 unspecified atom stereocenters. The molecule has 0 aliphatic heterocycles. The smallest absolute Gasteiger partial charge is 0.264 e. The molecular weight excluding hydrogens is 389 g/mol. The van der Waals surface area contributed by atoms with Crippen LogP contribution in [0.4, 0.5) is 10.1 Å². The summed E-state index contributed by atoms with van der Waals surface area (Å²) in [4.78, 5) is 0.152. The van der Waals surface area contributed by atoms with Crippen LogP contribution in [-0.4, -0.2) is 15.5 Å². The van der Waals surface area contributed by atoms with E-state index < -0.39 is 21.9 Å². The molecule has 152 valence electrons. The molecule has 0 saturated heterocycles. The van der Waals surface area contributed by atoms with Gasteiger partial charge in [-0.3, -0.25) is 4.31 Å². The van der Waals surface area contributed by atoms with Gasteiger partial charge in [0.05, 0.1) is 23.7 Å². The van der Waals surface area contributed by atoms with Crippen molar-refractivity contribution in [2.24, 2.45) is 0 Å². The maximum atomic E-state index is 14.3. The summed E-state index contributed by atoms with van der Waals surface area (Å²) < 4.78 is 48.0. The first-order chi connectivity index (χ1) is 13.7. The molecule has 1 atom stereocenters. The molecule has 0 radical (unpaired) electrons. The molecule has 0 spiro atoms. The van der Waals surface area contributed by atoms with Crippen LogP contribution in [0.2, 0.25) is 0 Å². The minimum atomic E-state index is -3.94. The average Bonchev–Trinajstić information content (AvgIpc) is 2.71. The lowest BCUT2D eigenvalue weighted by Crippen LogP contribution is -2.34. The molecule has 3 aromatic carbocycles. The van der Waals surface area contributed by atoms with Gasteiger partial charge in [-0.1, -0.05) is 35.9 Å². The van der Waals surface area contributed by atoms with E-state index in [0.717, 1.165) is 11.1 Å². The average molecular weight is 414 g/mol. The van der Waals surface area contributed by atoms with Gasteiger partial charge in [-0.25, -0.2) is 12.8 Å². The maximum Gasteiger partial charge on any atom is 0.264 e. The number of halogens is 1. The van der Waals surface area contributed by atoms with E-state index >= 15 is 0 Å². The number of benzene rings is 3. The van der Waals surface area contributed by atoms with Crippen LogP contribution in [0.1, 0.15) is 29.7 Å². The zero-order valence-electron chi connectivity index (χ0n) is 16.9. The Morgan fingerprint density at radius 3 is 2.28 bits per heavy atom. The predicted octanol–water partition coefficient (Wildman–Crippen LogP) is 5.41. The van der Waals surface area contributed by atoms with Crippen molar-refractivity contribution in [3.8, 4) is 5.75 Å². The number of rotatable bonds is 6. The Morgan fingerprint density at radius 2 is 1.66 bits per heavy atom. The largest absolute Gasteiger partial charge is 0.497 e. The maximum absolute atomic E-state index is 14.3. The summed E-state index contributed by atoms with van der Waals surface area (Å²) >= 11 is 0. The van der Waals surface area contributed by atoms with Crippen molar-refractivity contribution in [2.75, 3.05) is 11.4 Å². The zero-order chi connectivity index (χ0) is 21.2. The van der Waals surface area contributed by atoms with Crippen LogP contribution in [0.5, 0.6) is 5.75 Å². The Hall–Kier alpha value is -2.86. The van der Waals surface area contributed by atoms with Gasteiger partial charge in [0, 0.05) is 0 Å². The van der Waals surface area contributed by atoms with Gasteiger partial charge in [-0.2, -0.15) is 0 Å². The Bertz CT molecular complexity index is 1110. The fourth-order valence-electron chi connectivity index (χ4n) is 3.15. The van der Waals surface area contributed by atoms with Crippen molar-refractivity contribution < 1.29 is 17.5 Å². The summed E-state index contributed by atoms with van der Waals surface area (Å²) in [6, 6.07) is 17.7. The highest BCUT2D eigenvalue weighted by atomic mass is 32.2. The summed E-state index contributed by atoms with van der Waals surface area (Å²) in [5.74, 6) is 0.168. The second kappa shape index (κ2) is 8.25. The molecule has 0 fully saturated rings. The Kier molecular flexibility index (Phi) is 5.94. The number of hydrogen-bond acceptors (Lipinski definition) is 3. The predicted molar refractivity (Wildman–Crippen MR) is 113 cm³/mol. The lowest BCUT2D eigenvalue weighted by Gasteiger charge is -2.31. The molecule has 3 rings (SSSR count). The number of nitrogens with zero attached hydrogens (tertiary/aromatic N) is 1. The van der Waals surface area contributed by atoms with Crippen LogP contribution in [0.3, 0.4) is 0 Å². The van der Waals surface area contributed by atoms with Crippen molar-refractivity contribution in [1.82, 2.24) is 0 Å². The van der Waals surface area contributed by atoms with E-state index in [1.807, 2.05) is 13.0 Å². The van der Waals surface area contributed by atoms with Crippen molar-refractivity contribution in [1.29, 1.82) is 0 Å². The standard InChI is InChI=1S/C23H24FNO3S/c1-16-8-12-22(13-9-16)29(26,27)25(20-11-10-17(2)23(24)15-20)18(3)19-6-5-7-21(14-19)28-4/h5-15,18H,1-4H3/t18-/m1/s1. The molecule has 6 heteroatoms.